The maximum Gasteiger partial charge on any atom is 0.164 e. The fraction of sp³-hybridized carbons (Fsp3) is 0.235. The van der Waals surface area contributed by atoms with Gasteiger partial charge in [0.1, 0.15) is 0 Å². The molecular formula is C17H19NO. The van der Waals surface area contributed by atoms with Crippen LogP contribution in [0.5, 0.6) is 0 Å². The van der Waals surface area contributed by atoms with Crippen LogP contribution in [-0.4, -0.2) is 5.78 Å². The van der Waals surface area contributed by atoms with Gasteiger partial charge in [0.05, 0.1) is 0 Å². The first-order valence-electron chi connectivity index (χ1n) is 6.63. The third-order valence-corrected chi connectivity index (χ3v) is 3.29. The van der Waals surface area contributed by atoms with Crippen LogP contribution >= 0.6 is 0 Å². The van der Waals surface area contributed by atoms with Crippen molar-refractivity contribution in [3.05, 3.63) is 71.3 Å². The second-order valence-electron chi connectivity index (χ2n) is 4.70. The average molecular weight is 253 g/mol. The number of ketones is 1. The van der Waals surface area contributed by atoms with Crippen molar-refractivity contribution in [2.24, 2.45) is 5.73 Å². The monoisotopic (exact) mass is 253 g/mol. The van der Waals surface area contributed by atoms with Crippen molar-refractivity contribution in [1.82, 2.24) is 0 Å². The van der Waals surface area contributed by atoms with Crippen molar-refractivity contribution in [2.75, 3.05) is 0 Å². The van der Waals surface area contributed by atoms with E-state index in [4.69, 9.17) is 5.73 Å². The molecular weight excluding hydrogens is 234 g/mol. The molecule has 0 aromatic heterocycles. The van der Waals surface area contributed by atoms with E-state index in [0.29, 0.717) is 6.42 Å². The van der Waals surface area contributed by atoms with Gasteiger partial charge in [0.2, 0.25) is 0 Å². The molecule has 2 N–H and O–H groups in total. The molecule has 98 valence electrons. The molecule has 0 fully saturated rings. The highest BCUT2D eigenvalue weighted by Gasteiger charge is 2.13. The maximum absolute atomic E-state index is 12.2. The van der Waals surface area contributed by atoms with Gasteiger partial charge in [-0.25, -0.2) is 0 Å². The zero-order valence-corrected chi connectivity index (χ0v) is 11.2. The number of hydrogen-bond donors (Lipinski definition) is 1. The summed E-state index contributed by atoms with van der Waals surface area (Å²) in [6.45, 7) is 2.08. The van der Waals surface area contributed by atoms with Gasteiger partial charge < -0.3 is 5.73 Å². The summed E-state index contributed by atoms with van der Waals surface area (Å²) in [5.74, 6) is 0.103. The second-order valence-corrected chi connectivity index (χ2v) is 4.70. The van der Waals surface area contributed by atoms with Gasteiger partial charge in [-0.15, -0.1) is 0 Å². The first kappa shape index (κ1) is 13.5. The van der Waals surface area contributed by atoms with Crippen LogP contribution in [0.2, 0.25) is 0 Å². The number of nitrogens with two attached hydrogens (primary N) is 1. The molecule has 0 aliphatic rings. The largest absolute Gasteiger partial charge is 0.324 e. The highest BCUT2D eigenvalue weighted by Crippen LogP contribution is 2.17. The van der Waals surface area contributed by atoms with Gasteiger partial charge in [0.25, 0.3) is 0 Å². The molecule has 0 aliphatic carbocycles. The Morgan fingerprint density at radius 3 is 2.53 bits per heavy atom. The minimum atomic E-state index is -0.237. The van der Waals surface area contributed by atoms with Gasteiger partial charge in [0.15, 0.2) is 5.78 Å². The van der Waals surface area contributed by atoms with Crippen LogP contribution in [0.25, 0.3) is 0 Å². The molecule has 2 rings (SSSR count). The Hall–Kier alpha value is -1.93. The normalized spacial score (nSPS) is 12.1. The van der Waals surface area contributed by atoms with Gasteiger partial charge in [-0.3, -0.25) is 4.79 Å². The summed E-state index contributed by atoms with van der Waals surface area (Å²) in [6, 6.07) is 17.3. The molecule has 0 heterocycles. The predicted molar refractivity (Wildman–Crippen MR) is 78.1 cm³/mol. The molecule has 2 aromatic carbocycles. The Kier molecular flexibility index (Phi) is 4.48. The first-order valence-corrected chi connectivity index (χ1v) is 6.63. The number of rotatable bonds is 5. The van der Waals surface area contributed by atoms with E-state index in [1.807, 2.05) is 54.6 Å². The molecule has 19 heavy (non-hydrogen) atoms. The van der Waals surface area contributed by atoms with Crippen molar-refractivity contribution in [3.63, 3.8) is 0 Å². The van der Waals surface area contributed by atoms with Crippen molar-refractivity contribution < 1.29 is 4.79 Å². The molecule has 0 amide bonds. The highest BCUT2D eigenvalue weighted by molar-refractivity contribution is 5.96. The number of carbonyl (C=O) groups excluding carboxylic acids is 1. The minimum absolute atomic E-state index is 0.103. The number of Topliss-reactive ketones (excluding diaryl/α,β-unsaturated/α-hetero) is 1. The van der Waals surface area contributed by atoms with E-state index < -0.39 is 0 Å². The standard InChI is InChI=1S/C17H19NO/c1-2-13-7-6-10-15(11-13)17(19)12-16(18)14-8-4-3-5-9-14/h3-11,16H,2,12,18H2,1H3. The highest BCUT2D eigenvalue weighted by atomic mass is 16.1. The van der Waals surface area contributed by atoms with Gasteiger partial charge in [-0.05, 0) is 23.6 Å². The summed E-state index contributed by atoms with van der Waals surface area (Å²) in [5.41, 5.74) is 9.02. The molecule has 2 aromatic rings. The van der Waals surface area contributed by atoms with E-state index in [-0.39, 0.29) is 11.8 Å². The summed E-state index contributed by atoms with van der Waals surface area (Å²) in [6.07, 6.45) is 1.28. The van der Waals surface area contributed by atoms with Gasteiger partial charge in [-0.2, -0.15) is 0 Å². The molecule has 1 unspecified atom stereocenters. The van der Waals surface area contributed by atoms with E-state index in [0.717, 1.165) is 17.5 Å². The third kappa shape index (κ3) is 3.52. The Bertz CT molecular complexity index is 548. The summed E-state index contributed by atoms with van der Waals surface area (Å²) < 4.78 is 0. The molecule has 0 saturated heterocycles. The smallest absolute Gasteiger partial charge is 0.164 e. The maximum atomic E-state index is 12.2. The summed E-state index contributed by atoms with van der Waals surface area (Å²) in [4.78, 5) is 12.2. The summed E-state index contributed by atoms with van der Waals surface area (Å²) in [7, 11) is 0. The van der Waals surface area contributed by atoms with Gasteiger partial charge >= 0.3 is 0 Å². The fourth-order valence-electron chi connectivity index (χ4n) is 2.10. The molecule has 0 bridgehead atoms. The number of aryl methyl sites for hydroxylation is 1. The van der Waals surface area contributed by atoms with Crippen LogP contribution in [0.15, 0.2) is 54.6 Å². The topological polar surface area (TPSA) is 43.1 Å². The molecule has 0 radical (unpaired) electrons. The number of benzene rings is 2. The van der Waals surface area contributed by atoms with E-state index in [2.05, 4.69) is 6.92 Å². The van der Waals surface area contributed by atoms with E-state index in [1.165, 1.54) is 5.56 Å². The molecule has 1 atom stereocenters. The Labute approximate surface area is 114 Å². The van der Waals surface area contributed by atoms with E-state index >= 15 is 0 Å². The molecule has 0 spiro atoms. The molecule has 0 aliphatic heterocycles. The lowest BCUT2D eigenvalue weighted by Crippen LogP contribution is -2.15. The zero-order valence-electron chi connectivity index (χ0n) is 11.2. The quantitative estimate of drug-likeness (QED) is 0.828. The van der Waals surface area contributed by atoms with Crippen LogP contribution in [0.3, 0.4) is 0 Å². The molecule has 2 heteroatoms. The SMILES string of the molecule is CCc1cccc(C(=O)CC(N)c2ccccc2)c1. The van der Waals surface area contributed by atoms with Crippen LogP contribution in [-0.2, 0) is 6.42 Å². The first-order chi connectivity index (χ1) is 9.20. The lowest BCUT2D eigenvalue weighted by molar-refractivity contribution is 0.0974. The van der Waals surface area contributed by atoms with Crippen molar-refractivity contribution in [1.29, 1.82) is 0 Å². The van der Waals surface area contributed by atoms with Crippen LogP contribution < -0.4 is 5.73 Å². The Balaban J connectivity index is 2.08. The lowest BCUT2D eigenvalue weighted by Gasteiger charge is -2.11. The lowest BCUT2D eigenvalue weighted by atomic mass is 9.97. The van der Waals surface area contributed by atoms with E-state index in [1.54, 1.807) is 0 Å². The Morgan fingerprint density at radius 1 is 1.11 bits per heavy atom. The van der Waals surface area contributed by atoms with Crippen LogP contribution in [0, 0.1) is 0 Å². The van der Waals surface area contributed by atoms with Gasteiger partial charge in [0, 0.05) is 18.0 Å². The number of carbonyl (C=O) groups is 1. The predicted octanol–water partition coefficient (Wildman–Crippen LogP) is 3.52. The van der Waals surface area contributed by atoms with Crippen LogP contribution in [0.4, 0.5) is 0 Å². The summed E-state index contributed by atoms with van der Waals surface area (Å²) >= 11 is 0. The van der Waals surface area contributed by atoms with Crippen molar-refractivity contribution in [3.8, 4) is 0 Å². The third-order valence-electron chi connectivity index (χ3n) is 3.29. The van der Waals surface area contributed by atoms with Crippen molar-refractivity contribution >= 4 is 5.78 Å². The minimum Gasteiger partial charge on any atom is -0.324 e. The second kappa shape index (κ2) is 6.30. The van der Waals surface area contributed by atoms with Gasteiger partial charge in [-0.1, -0.05) is 55.5 Å². The molecule has 2 nitrogen and oxygen atoms in total. The molecule has 0 saturated carbocycles. The fourth-order valence-corrected chi connectivity index (χ4v) is 2.10. The average Bonchev–Trinajstić information content (AvgIpc) is 2.48. The van der Waals surface area contributed by atoms with Crippen molar-refractivity contribution in [2.45, 2.75) is 25.8 Å². The Morgan fingerprint density at radius 2 is 1.84 bits per heavy atom. The zero-order chi connectivity index (χ0) is 13.7. The summed E-state index contributed by atoms with van der Waals surface area (Å²) in [5, 5.41) is 0. The number of hydrogen-bond acceptors (Lipinski definition) is 2. The van der Waals surface area contributed by atoms with E-state index in [9.17, 15) is 4.79 Å². The van der Waals surface area contributed by atoms with Crippen LogP contribution in [0.1, 0.15) is 40.9 Å².